The SMILES string of the molecule is CC(CNc1ncc([N+](=O)[O-])cc1C(N)=O)Nc1ccccc1. The minimum Gasteiger partial charge on any atom is -0.381 e. The van der Waals surface area contributed by atoms with Crippen LogP contribution in [0.4, 0.5) is 17.2 Å². The van der Waals surface area contributed by atoms with E-state index in [1.165, 1.54) is 0 Å². The second-order valence-corrected chi connectivity index (χ2v) is 5.00. The number of nitrogens with zero attached hydrogens (tertiary/aromatic N) is 2. The van der Waals surface area contributed by atoms with Crippen LogP contribution in [0.2, 0.25) is 0 Å². The molecule has 120 valence electrons. The van der Waals surface area contributed by atoms with E-state index >= 15 is 0 Å². The van der Waals surface area contributed by atoms with Gasteiger partial charge in [0.2, 0.25) is 0 Å². The third-order valence-corrected chi connectivity index (χ3v) is 3.11. The number of aromatic nitrogens is 1. The maximum absolute atomic E-state index is 11.4. The summed E-state index contributed by atoms with van der Waals surface area (Å²) in [6, 6.07) is 10.8. The average Bonchev–Trinajstić information content (AvgIpc) is 2.53. The summed E-state index contributed by atoms with van der Waals surface area (Å²) in [5.41, 5.74) is 5.94. The van der Waals surface area contributed by atoms with Crippen LogP contribution in [0.1, 0.15) is 17.3 Å². The summed E-state index contributed by atoms with van der Waals surface area (Å²) in [5.74, 6) is -0.544. The van der Waals surface area contributed by atoms with Gasteiger partial charge < -0.3 is 16.4 Å². The molecule has 1 amide bonds. The number of hydrogen-bond acceptors (Lipinski definition) is 6. The van der Waals surface area contributed by atoms with Crippen LogP contribution in [-0.2, 0) is 0 Å². The fourth-order valence-electron chi connectivity index (χ4n) is 2.00. The molecule has 23 heavy (non-hydrogen) atoms. The average molecular weight is 315 g/mol. The van der Waals surface area contributed by atoms with Gasteiger partial charge in [0.05, 0.1) is 10.5 Å². The first-order valence-corrected chi connectivity index (χ1v) is 6.97. The van der Waals surface area contributed by atoms with Gasteiger partial charge in [-0.15, -0.1) is 0 Å². The van der Waals surface area contributed by atoms with Crippen molar-refractivity contribution in [3.63, 3.8) is 0 Å². The number of carbonyl (C=O) groups excluding carboxylic acids is 1. The second kappa shape index (κ2) is 7.21. The zero-order valence-electron chi connectivity index (χ0n) is 12.5. The number of nitrogens with two attached hydrogens (primary N) is 1. The molecule has 0 aliphatic rings. The molecule has 1 heterocycles. The molecule has 0 aliphatic carbocycles. The lowest BCUT2D eigenvalue weighted by Gasteiger charge is -2.17. The Balaban J connectivity index is 2.05. The molecule has 0 spiro atoms. The zero-order chi connectivity index (χ0) is 16.8. The van der Waals surface area contributed by atoms with Crippen LogP contribution in [-0.4, -0.2) is 28.4 Å². The van der Waals surface area contributed by atoms with Crippen molar-refractivity contribution in [3.8, 4) is 0 Å². The van der Waals surface area contributed by atoms with Crippen LogP contribution in [0.15, 0.2) is 42.6 Å². The van der Waals surface area contributed by atoms with Gasteiger partial charge in [0.1, 0.15) is 12.0 Å². The predicted molar refractivity (Wildman–Crippen MR) is 87.4 cm³/mol. The van der Waals surface area contributed by atoms with E-state index < -0.39 is 10.8 Å². The van der Waals surface area contributed by atoms with Gasteiger partial charge in [-0.2, -0.15) is 0 Å². The Morgan fingerprint density at radius 2 is 2.09 bits per heavy atom. The summed E-state index contributed by atoms with van der Waals surface area (Å²) in [6.45, 7) is 2.41. The second-order valence-electron chi connectivity index (χ2n) is 5.00. The Labute approximate surface area is 132 Å². The quantitative estimate of drug-likeness (QED) is 0.530. The maximum atomic E-state index is 11.4. The molecule has 1 unspecified atom stereocenters. The van der Waals surface area contributed by atoms with E-state index in [0.717, 1.165) is 18.0 Å². The van der Waals surface area contributed by atoms with Crippen molar-refractivity contribution >= 4 is 23.1 Å². The van der Waals surface area contributed by atoms with Crippen LogP contribution in [0.3, 0.4) is 0 Å². The highest BCUT2D eigenvalue weighted by Gasteiger charge is 2.16. The molecule has 8 heteroatoms. The van der Waals surface area contributed by atoms with E-state index in [2.05, 4.69) is 15.6 Å². The van der Waals surface area contributed by atoms with E-state index in [1.807, 2.05) is 37.3 Å². The lowest BCUT2D eigenvalue weighted by atomic mass is 10.2. The first-order chi connectivity index (χ1) is 11.0. The molecule has 0 bridgehead atoms. The van der Waals surface area contributed by atoms with E-state index in [4.69, 9.17) is 5.73 Å². The van der Waals surface area contributed by atoms with Gasteiger partial charge in [-0.3, -0.25) is 14.9 Å². The van der Waals surface area contributed by atoms with Crippen molar-refractivity contribution in [1.82, 2.24) is 4.98 Å². The van der Waals surface area contributed by atoms with E-state index in [0.29, 0.717) is 6.54 Å². The van der Waals surface area contributed by atoms with Gasteiger partial charge in [0.25, 0.3) is 11.6 Å². The van der Waals surface area contributed by atoms with Gasteiger partial charge in [-0.25, -0.2) is 4.98 Å². The first-order valence-electron chi connectivity index (χ1n) is 6.97. The third kappa shape index (κ3) is 4.40. The number of pyridine rings is 1. The fourth-order valence-corrected chi connectivity index (χ4v) is 2.00. The molecular formula is C15H17N5O3. The molecule has 0 aliphatic heterocycles. The van der Waals surface area contributed by atoms with Crippen molar-refractivity contribution in [3.05, 3.63) is 58.3 Å². The Morgan fingerprint density at radius 1 is 1.39 bits per heavy atom. The highest BCUT2D eigenvalue weighted by atomic mass is 16.6. The molecule has 1 aromatic heterocycles. The number of benzene rings is 1. The van der Waals surface area contributed by atoms with Crippen LogP contribution in [0.5, 0.6) is 0 Å². The molecule has 0 saturated heterocycles. The number of amides is 1. The minimum absolute atomic E-state index is 0.00823. The van der Waals surface area contributed by atoms with E-state index in [9.17, 15) is 14.9 Å². The van der Waals surface area contributed by atoms with Gasteiger partial charge in [0.15, 0.2) is 0 Å². The molecule has 2 rings (SSSR count). The molecular weight excluding hydrogens is 298 g/mol. The van der Waals surface area contributed by atoms with E-state index in [-0.39, 0.29) is 23.1 Å². The van der Waals surface area contributed by atoms with Gasteiger partial charge in [-0.05, 0) is 19.1 Å². The Bertz CT molecular complexity index is 706. The van der Waals surface area contributed by atoms with Gasteiger partial charge in [-0.1, -0.05) is 18.2 Å². The summed E-state index contributed by atoms with van der Waals surface area (Å²) >= 11 is 0. The zero-order valence-corrected chi connectivity index (χ0v) is 12.5. The Hall–Kier alpha value is -3.16. The number of carbonyl (C=O) groups is 1. The Morgan fingerprint density at radius 3 is 2.70 bits per heavy atom. The van der Waals surface area contributed by atoms with Crippen LogP contribution in [0, 0.1) is 10.1 Å². The van der Waals surface area contributed by atoms with Crippen molar-refractivity contribution in [2.45, 2.75) is 13.0 Å². The largest absolute Gasteiger partial charge is 0.381 e. The van der Waals surface area contributed by atoms with Crippen LogP contribution in [0.25, 0.3) is 0 Å². The summed E-state index contributed by atoms with van der Waals surface area (Å²) in [5, 5.41) is 17.0. The fraction of sp³-hybridized carbons (Fsp3) is 0.200. The number of hydrogen-bond donors (Lipinski definition) is 3. The van der Waals surface area contributed by atoms with Crippen LogP contribution >= 0.6 is 0 Å². The predicted octanol–water partition coefficient (Wildman–Crippen LogP) is 2.00. The monoisotopic (exact) mass is 315 g/mol. The summed E-state index contributed by atoms with van der Waals surface area (Å²) < 4.78 is 0. The summed E-state index contributed by atoms with van der Waals surface area (Å²) in [6.07, 6.45) is 1.09. The molecule has 4 N–H and O–H groups in total. The van der Waals surface area contributed by atoms with Crippen LogP contribution < -0.4 is 16.4 Å². The number of rotatable bonds is 7. The highest BCUT2D eigenvalue weighted by Crippen LogP contribution is 2.18. The smallest absolute Gasteiger partial charge is 0.288 e. The number of para-hydroxylation sites is 1. The molecule has 0 saturated carbocycles. The van der Waals surface area contributed by atoms with Gasteiger partial charge in [0, 0.05) is 24.3 Å². The molecule has 1 aromatic carbocycles. The first kappa shape index (κ1) is 16.2. The minimum atomic E-state index is -0.771. The lowest BCUT2D eigenvalue weighted by molar-refractivity contribution is -0.385. The summed E-state index contributed by atoms with van der Waals surface area (Å²) in [7, 11) is 0. The number of nitrogens with one attached hydrogen (secondary N) is 2. The normalized spacial score (nSPS) is 11.5. The summed E-state index contributed by atoms with van der Waals surface area (Å²) in [4.78, 5) is 25.5. The Kier molecular flexibility index (Phi) is 5.08. The van der Waals surface area contributed by atoms with E-state index in [1.54, 1.807) is 0 Å². The maximum Gasteiger partial charge on any atom is 0.288 e. The van der Waals surface area contributed by atoms with Crippen molar-refractivity contribution in [2.75, 3.05) is 17.2 Å². The van der Waals surface area contributed by atoms with Crippen molar-refractivity contribution in [1.29, 1.82) is 0 Å². The molecule has 0 fully saturated rings. The lowest BCUT2D eigenvalue weighted by Crippen LogP contribution is -2.26. The number of nitro groups is 1. The van der Waals surface area contributed by atoms with Gasteiger partial charge >= 0.3 is 0 Å². The van der Waals surface area contributed by atoms with Crippen molar-refractivity contribution < 1.29 is 9.72 Å². The molecule has 1 atom stereocenters. The standard InChI is InChI=1S/C15H17N5O3/c1-10(19-11-5-3-2-4-6-11)8-17-15-13(14(16)21)7-12(9-18-15)20(22)23/h2-7,9-10,19H,8H2,1H3,(H2,16,21)(H,17,18). The number of anilines is 2. The number of primary amides is 1. The van der Waals surface area contributed by atoms with Crippen molar-refractivity contribution in [2.24, 2.45) is 5.73 Å². The molecule has 2 aromatic rings. The molecule has 0 radical (unpaired) electrons. The molecule has 8 nitrogen and oxygen atoms in total. The third-order valence-electron chi connectivity index (χ3n) is 3.11. The topological polar surface area (TPSA) is 123 Å². The highest BCUT2D eigenvalue weighted by molar-refractivity contribution is 5.98.